The minimum atomic E-state index is -0.484. The van der Waals surface area contributed by atoms with E-state index in [2.05, 4.69) is 0 Å². The number of rotatable bonds is 5. The van der Waals surface area contributed by atoms with Crippen LogP contribution in [-0.2, 0) is 6.42 Å². The van der Waals surface area contributed by atoms with E-state index >= 15 is 0 Å². The largest absolute Gasteiger partial charge is 0.488 e. The van der Waals surface area contributed by atoms with Crippen LogP contribution < -0.4 is 4.74 Å². The maximum atomic E-state index is 9.26. The van der Waals surface area contributed by atoms with Crippen molar-refractivity contribution in [2.45, 2.75) is 32.5 Å². The van der Waals surface area contributed by atoms with Crippen LogP contribution >= 0.6 is 0 Å². The Labute approximate surface area is 90.3 Å². The van der Waals surface area contributed by atoms with Gasteiger partial charge in [0.05, 0.1) is 6.10 Å². The molecule has 15 heavy (non-hydrogen) atoms. The molecular formula is C12H18O3. The van der Waals surface area contributed by atoms with Crippen molar-refractivity contribution in [1.82, 2.24) is 0 Å². The summed E-state index contributed by atoms with van der Waals surface area (Å²) in [5, 5.41) is 18.0. The Bertz CT molecular complexity index is 279. The standard InChI is InChI=1S/C12H18O3/c1-9(14)10(2)15-12-5-3-11(4-6-12)7-8-13/h3-6,9-10,13-14H,7-8H2,1-2H3. The van der Waals surface area contributed by atoms with Crippen molar-refractivity contribution in [2.24, 2.45) is 0 Å². The monoisotopic (exact) mass is 210 g/mol. The van der Waals surface area contributed by atoms with E-state index in [1.807, 2.05) is 31.2 Å². The van der Waals surface area contributed by atoms with E-state index in [4.69, 9.17) is 9.84 Å². The Kier molecular flexibility index (Phi) is 4.59. The molecule has 1 rings (SSSR count). The molecule has 0 bridgehead atoms. The minimum Gasteiger partial charge on any atom is -0.488 e. The molecule has 0 aliphatic carbocycles. The number of benzene rings is 1. The van der Waals surface area contributed by atoms with Crippen LogP contribution in [0.15, 0.2) is 24.3 Å². The Morgan fingerprint density at radius 2 is 1.80 bits per heavy atom. The first-order valence-electron chi connectivity index (χ1n) is 5.18. The van der Waals surface area contributed by atoms with Crippen LogP contribution in [0.25, 0.3) is 0 Å². The summed E-state index contributed by atoms with van der Waals surface area (Å²) >= 11 is 0. The van der Waals surface area contributed by atoms with E-state index < -0.39 is 6.10 Å². The van der Waals surface area contributed by atoms with Gasteiger partial charge in [-0.15, -0.1) is 0 Å². The molecule has 2 N–H and O–H groups in total. The average molecular weight is 210 g/mol. The molecule has 0 saturated heterocycles. The highest BCUT2D eigenvalue weighted by molar-refractivity contribution is 5.27. The second kappa shape index (κ2) is 5.73. The van der Waals surface area contributed by atoms with Crippen molar-refractivity contribution in [2.75, 3.05) is 6.61 Å². The van der Waals surface area contributed by atoms with Gasteiger partial charge >= 0.3 is 0 Å². The summed E-state index contributed by atoms with van der Waals surface area (Å²) in [6, 6.07) is 7.54. The number of hydrogen-bond donors (Lipinski definition) is 2. The Hall–Kier alpha value is -1.06. The highest BCUT2D eigenvalue weighted by Gasteiger charge is 2.09. The number of ether oxygens (including phenoxy) is 1. The van der Waals surface area contributed by atoms with Gasteiger partial charge in [-0.2, -0.15) is 0 Å². The van der Waals surface area contributed by atoms with Crippen molar-refractivity contribution in [3.63, 3.8) is 0 Å². The molecule has 0 aliphatic rings. The highest BCUT2D eigenvalue weighted by atomic mass is 16.5. The lowest BCUT2D eigenvalue weighted by atomic mass is 10.1. The molecular weight excluding hydrogens is 192 g/mol. The molecule has 0 spiro atoms. The van der Waals surface area contributed by atoms with Crippen LogP contribution in [0, 0.1) is 0 Å². The van der Waals surface area contributed by atoms with Gasteiger partial charge in [0.15, 0.2) is 0 Å². The van der Waals surface area contributed by atoms with Crippen molar-refractivity contribution in [3.05, 3.63) is 29.8 Å². The summed E-state index contributed by atoms with van der Waals surface area (Å²) in [5.74, 6) is 0.741. The minimum absolute atomic E-state index is 0.157. The van der Waals surface area contributed by atoms with Gasteiger partial charge in [0.2, 0.25) is 0 Å². The SMILES string of the molecule is CC(O)C(C)Oc1ccc(CCO)cc1. The molecule has 3 heteroatoms. The van der Waals surface area contributed by atoms with Crippen molar-refractivity contribution >= 4 is 0 Å². The molecule has 3 nitrogen and oxygen atoms in total. The summed E-state index contributed by atoms with van der Waals surface area (Å²) in [5.41, 5.74) is 1.08. The van der Waals surface area contributed by atoms with Crippen LogP contribution in [0.2, 0.25) is 0 Å². The van der Waals surface area contributed by atoms with E-state index in [0.29, 0.717) is 6.42 Å². The van der Waals surface area contributed by atoms with Gasteiger partial charge < -0.3 is 14.9 Å². The third-order valence-electron chi connectivity index (χ3n) is 2.33. The van der Waals surface area contributed by atoms with E-state index in [0.717, 1.165) is 11.3 Å². The number of aliphatic hydroxyl groups is 2. The Balaban J connectivity index is 2.56. The van der Waals surface area contributed by atoms with E-state index in [1.165, 1.54) is 0 Å². The fraction of sp³-hybridized carbons (Fsp3) is 0.500. The van der Waals surface area contributed by atoms with Gasteiger partial charge in [-0.05, 0) is 38.0 Å². The smallest absolute Gasteiger partial charge is 0.121 e. The lowest BCUT2D eigenvalue weighted by molar-refractivity contribution is 0.0604. The zero-order valence-corrected chi connectivity index (χ0v) is 9.18. The molecule has 0 radical (unpaired) electrons. The normalized spacial score (nSPS) is 14.7. The van der Waals surface area contributed by atoms with Crippen LogP contribution in [0.1, 0.15) is 19.4 Å². The summed E-state index contributed by atoms with van der Waals surface area (Å²) < 4.78 is 5.50. The van der Waals surface area contributed by atoms with Gasteiger partial charge in [-0.3, -0.25) is 0 Å². The molecule has 84 valence electrons. The number of hydrogen-bond acceptors (Lipinski definition) is 3. The first-order valence-corrected chi connectivity index (χ1v) is 5.18. The Morgan fingerprint density at radius 1 is 1.20 bits per heavy atom. The lowest BCUT2D eigenvalue weighted by Crippen LogP contribution is -2.25. The molecule has 0 fully saturated rings. The van der Waals surface area contributed by atoms with Gasteiger partial charge in [0, 0.05) is 6.61 Å². The summed E-state index contributed by atoms with van der Waals surface area (Å²) in [7, 11) is 0. The lowest BCUT2D eigenvalue weighted by Gasteiger charge is -2.17. The third kappa shape index (κ3) is 3.90. The third-order valence-corrected chi connectivity index (χ3v) is 2.33. The first-order chi connectivity index (χ1) is 7.13. The molecule has 0 aliphatic heterocycles. The topological polar surface area (TPSA) is 49.7 Å². The molecule has 0 heterocycles. The van der Waals surface area contributed by atoms with Gasteiger partial charge in [0.1, 0.15) is 11.9 Å². The predicted molar refractivity (Wildman–Crippen MR) is 59.0 cm³/mol. The van der Waals surface area contributed by atoms with E-state index in [9.17, 15) is 5.11 Å². The summed E-state index contributed by atoms with van der Waals surface area (Å²) in [4.78, 5) is 0. The molecule has 2 unspecified atom stereocenters. The van der Waals surface area contributed by atoms with Crippen LogP contribution in [-0.4, -0.2) is 29.0 Å². The molecule has 2 atom stereocenters. The molecule has 1 aromatic rings. The van der Waals surface area contributed by atoms with Gasteiger partial charge in [-0.1, -0.05) is 12.1 Å². The second-order valence-electron chi connectivity index (χ2n) is 3.68. The zero-order chi connectivity index (χ0) is 11.3. The fourth-order valence-corrected chi connectivity index (χ4v) is 1.18. The maximum Gasteiger partial charge on any atom is 0.121 e. The second-order valence-corrected chi connectivity index (χ2v) is 3.68. The number of aliphatic hydroxyl groups excluding tert-OH is 2. The zero-order valence-electron chi connectivity index (χ0n) is 9.18. The van der Waals surface area contributed by atoms with E-state index in [-0.39, 0.29) is 12.7 Å². The van der Waals surface area contributed by atoms with E-state index in [1.54, 1.807) is 6.92 Å². The highest BCUT2D eigenvalue weighted by Crippen LogP contribution is 2.15. The molecule has 0 amide bonds. The molecule has 0 saturated carbocycles. The first kappa shape index (κ1) is 12.0. The molecule has 0 aromatic heterocycles. The molecule has 1 aromatic carbocycles. The van der Waals surface area contributed by atoms with Crippen molar-refractivity contribution in [1.29, 1.82) is 0 Å². The quantitative estimate of drug-likeness (QED) is 0.771. The maximum absolute atomic E-state index is 9.26. The van der Waals surface area contributed by atoms with Crippen LogP contribution in [0.4, 0.5) is 0 Å². The Morgan fingerprint density at radius 3 is 2.27 bits per heavy atom. The summed E-state index contributed by atoms with van der Waals surface area (Å²) in [6.07, 6.45) is -0.0394. The average Bonchev–Trinajstić information content (AvgIpc) is 2.21. The van der Waals surface area contributed by atoms with Gasteiger partial charge in [-0.25, -0.2) is 0 Å². The van der Waals surface area contributed by atoms with Crippen molar-refractivity contribution < 1.29 is 14.9 Å². The van der Waals surface area contributed by atoms with Crippen LogP contribution in [0.3, 0.4) is 0 Å². The predicted octanol–water partition coefficient (Wildman–Crippen LogP) is 1.37. The van der Waals surface area contributed by atoms with Crippen molar-refractivity contribution in [3.8, 4) is 5.75 Å². The van der Waals surface area contributed by atoms with Gasteiger partial charge in [0.25, 0.3) is 0 Å². The van der Waals surface area contributed by atoms with Crippen LogP contribution in [0.5, 0.6) is 5.75 Å². The fourth-order valence-electron chi connectivity index (χ4n) is 1.18. The summed E-state index contributed by atoms with van der Waals surface area (Å²) in [6.45, 7) is 3.68.